The molecule has 0 bridgehead atoms. The molecule has 2 aromatic carbocycles. The second kappa shape index (κ2) is 7.39. The van der Waals surface area contributed by atoms with Crippen LogP contribution >= 0.6 is 11.6 Å². The molecule has 5 rings (SSSR count). The molecule has 0 spiro atoms. The molecule has 0 fully saturated rings. The summed E-state index contributed by atoms with van der Waals surface area (Å²) in [4.78, 5) is 31.5. The van der Waals surface area contributed by atoms with Crippen LogP contribution < -0.4 is 10.9 Å². The summed E-state index contributed by atoms with van der Waals surface area (Å²) < 4.78 is 3.30. The second-order valence-corrected chi connectivity index (χ2v) is 8.25. The summed E-state index contributed by atoms with van der Waals surface area (Å²) in [5, 5.41) is 4.16. The standard InChI is InChI=1S/C24H21ClN4O2/c1-14-22(24(31)29(28(14)2)16-7-4-3-5-8-16)27-23(30)21-17-9-6-10-19(17)26-20-12-11-15(25)13-18(20)21/h3-5,7-8,11-13H,6,9-10H2,1-2H3,(H,27,30). The van der Waals surface area contributed by atoms with E-state index in [0.717, 1.165) is 41.7 Å². The number of nitrogens with zero attached hydrogens (tertiary/aromatic N) is 3. The highest BCUT2D eigenvalue weighted by Gasteiger charge is 2.26. The maximum atomic E-state index is 13.5. The van der Waals surface area contributed by atoms with Gasteiger partial charge in [-0.1, -0.05) is 29.8 Å². The summed E-state index contributed by atoms with van der Waals surface area (Å²) in [7, 11) is 1.80. The third-order valence-corrected chi connectivity index (χ3v) is 6.23. The molecule has 1 aliphatic carbocycles. The van der Waals surface area contributed by atoms with E-state index in [-0.39, 0.29) is 17.2 Å². The van der Waals surface area contributed by atoms with Crippen molar-refractivity contribution in [3.8, 4) is 5.69 Å². The van der Waals surface area contributed by atoms with Gasteiger partial charge < -0.3 is 5.32 Å². The highest BCUT2D eigenvalue weighted by atomic mass is 35.5. The van der Waals surface area contributed by atoms with E-state index in [1.165, 1.54) is 0 Å². The Morgan fingerprint density at radius 3 is 2.68 bits per heavy atom. The molecule has 0 saturated heterocycles. The minimum atomic E-state index is -0.307. The van der Waals surface area contributed by atoms with Gasteiger partial charge in [-0.3, -0.25) is 19.3 Å². The van der Waals surface area contributed by atoms with Crippen molar-refractivity contribution in [2.75, 3.05) is 5.32 Å². The number of anilines is 1. The molecule has 156 valence electrons. The fourth-order valence-electron chi connectivity index (χ4n) is 4.38. The van der Waals surface area contributed by atoms with Gasteiger partial charge in [-0.2, -0.15) is 0 Å². The van der Waals surface area contributed by atoms with E-state index in [4.69, 9.17) is 16.6 Å². The molecule has 2 heterocycles. The summed E-state index contributed by atoms with van der Waals surface area (Å²) in [5.74, 6) is -0.307. The van der Waals surface area contributed by atoms with Crippen molar-refractivity contribution >= 4 is 34.1 Å². The number of hydrogen-bond acceptors (Lipinski definition) is 3. The fraction of sp³-hybridized carbons (Fsp3) is 0.208. The number of amides is 1. The van der Waals surface area contributed by atoms with Crippen LogP contribution in [-0.4, -0.2) is 20.3 Å². The first-order valence-corrected chi connectivity index (χ1v) is 10.6. The van der Waals surface area contributed by atoms with E-state index >= 15 is 0 Å². The minimum Gasteiger partial charge on any atom is -0.316 e. The third-order valence-electron chi connectivity index (χ3n) is 5.99. The molecule has 1 N–H and O–H groups in total. The van der Waals surface area contributed by atoms with E-state index in [1.54, 1.807) is 28.5 Å². The summed E-state index contributed by atoms with van der Waals surface area (Å²) in [5.41, 5.74) is 4.62. The number of rotatable bonds is 3. The van der Waals surface area contributed by atoms with Crippen LogP contribution in [0.5, 0.6) is 0 Å². The van der Waals surface area contributed by atoms with Crippen LogP contribution in [-0.2, 0) is 19.9 Å². The molecule has 4 aromatic rings. The van der Waals surface area contributed by atoms with E-state index in [1.807, 2.05) is 43.3 Å². The number of pyridine rings is 1. The van der Waals surface area contributed by atoms with Gasteiger partial charge in [0.15, 0.2) is 0 Å². The van der Waals surface area contributed by atoms with Gasteiger partial charge in [-0.25, -0.2) is 4.68 Å². The van der Waals surface area contributed by atoms with Crippen LogP contribution in [0.15, 0.2) is 53.3 Å². The van der Waals surface area contributed by atoms with Crippen molar-refractivity contribution < 1.29 is 4.79 Å². The Bertz CT molecular complexity index is 1400. The highest BCUT2D eigenvalue weighted by Crippen LogP contribution is 2.32. The molecule has 7 heteroatoms. The summed E-state index contributed by atoms with van der Waals surface area (Å²) in [6, 6.07) is 14.8. The normalized spacial score (nSPS) is 12.9. The first kappa shape index (κ1) is 19.6. The lowest BCUT2D eigenvalue weighted by Crippen LogP contribution is -2.23. The quantitative estimate of drug-likeness (QED) is 0.520. The van der Waals surface area contributed by atoms with Crippen LogP contribution in [0.2, 0.25) is 5.02 Å². The predicted molar refractivity (Wildman–Crippen MR) is 122 cm³/mol. The van der Waals surface area contributed by atoms with Crippen LogP contribution in [0.3, 0.4) is 0 Å². The third kappa shape index (κ3) is 3.15. The summed E-state index contributed by atoms with van der Waals surface area (Å²) in [6.45, 7) is 1.82. The number of carbonyl (C=O) groups is 1. The molecule has 0 unspecified atom stereocenters. The molecule has 6 nitrogen and oxygen atoms in total. The van der Waals surface area contributed by atoms with Gasteiger partial charge in [-0.05, 0) is 62.1 Å². The van der Waals surface area contributed by atoms with Crippen molar-refractivity contribution in [3.63, 3.8) is 0 Å². The Hall–Kier alpha value is -3.38. The van der Waals surface area contributed by atoms with Gasteiger partial charge in [0, 0.05) is 23.2 Å². The maximum absolute atomic E-state index is 13.5. The lowest BCUT2D eigenvalue weighted by molar-refractivity contribution is 0.102. The molecule has 0 atom stereocenters. The summed E-state index contributed by atoms with van der Waals surface area (Å²) in [6.07, 6.45) is 2.59. The SMILES string of the molecule is Cc1c(NC(=O)c2c3c(nc4ccc(Cl)cc24)CCC3)c(=O)n(-c2ccccc2)n1C. The van der Waals surface area contributed by atoms with Crippen molar-refractivity contribution in [1.29, 1.82) is 0 Å². The number of benzene rings is 2. The smallest absolute Gasteiger partial charge is 0.295 e. The molecule has 1 aliphatic rings. The molecular weight excluding hydrogens is 412 g/mol. The van der Waals surface area contributed by atoms with Gasteiger partial charge in [0.2, 0.25) is 0 Å². The van der Waals surface area contributed by atoms with Gasteiger partial charge in [-0.15, -0.1) is 0 Å². The Morgan fingerprint density at radius 2 is 1.90 bits per heavy atom. The fourth-order valence-corrected chi connectivity index (χ4v) is 4.55. The highest BCUT2D eigenvalue weighted by molar-refractivity contribution is 6.31. The summed E-state index contributed by atoms with van der Waals surface area (Å²) >= 11 is 6.23. The van der Waals surface area contributed by atoms with E-state index < -0.39 is 0 Å². The maximum Gasteiger partial charge on any atom is 0.295 e. The monoisotopic (exact) mass is 432 g/mol. The molecule has 1 amide bonds. The Balaban J connectivity index is 1.64. The second-order valence-electron chi connectivity index (χ2n) is 7.82. The van der Waals surface area contributed by atoms with Crippen molar-refractivity contribution in [2.24, 2.45) is 7.05 Å². The van der Waals surface area contributed by atoms with Crippen molar-refractivity contribution in [3.05, 3.63) is 86.4 Å². The number of hydrogen-bond donors (Lipinski definition) is 1. The number of nitrogens with one attached hydrogen (secondary N) is 1. The number of para-hydroxylation sites is 1. The lowest BCUT2D eigenvalue weighted by atomic mass is 10.0. The number of aromatic nitrogens is 3. The molecule has 31 heavy (non-hydrogen) atoms. The van der Waals surface area contributed by atoms with E-state index in [9.17, 15) is 9.59 Å². The first-order valence-electron chi connectivity index (χ1n) is 10.2. The van der Waals surface area contributed by atoms with E-state index in [2.05, 4.69) is 5.32 Å². The molecule has 0 saturated carbocycles. The van der Waals surface area contributed by atoms with E-state index in [0.29, 0.717) is 21.7 Å². The number of carbonyl (C=O) groups excluding carboxylic acids is 1. The van der Waals surface area contributed by atoms with Gasteiger partial charge in [0.25, 0.3) is 11.5 Å². The van der Waals surface area contributed by atoms with Crippen molar-refractivity contribution in [2.45, 2.75) is 26.2 Å². The Kier molecular flexibility index (Phi) is 4.67. The van der Waals surface area contributed by atoms with Gasteiger partial charge >= 0.3 is 0 Å². The van der Waals surface area contributed by atoms with Crippen LogP contribution in [0.4, 0.5) is 5.69 Å². The molecule has 0 aliphatic heterocycles. The van der Waals surface area contributed by atoms with Crippen molar-refractivity contribution in [1.82, 2.24) is 14.3 Å². The average Bonchev–Trinajstić information content (AvgIpc) is 3.31. The van der Waals surface area contributed by atoms with Gasteiger partial charge in [0.05, 0.1) is 22.5 Å². The topological polar surface area (TPSA) is 68.9 Å². The molecular formula is C24H21ClN4O2. The molecule has 2 aromatic heterocycles. The largest absolute Gasteiger partial charge is 0.316 e. The number of halogens is 1. The lowest BCUT2D eigenvalue weighted by Gasteiger charge is -2.12. The number of aryl methyl sites for hydroxylation is 1. The zero-order chi connectivity index (χ0) is 21.7. The zero-order valence-electron chi connectivity index (χ0n) is 17.3. The van der Waals surface area contributed by atoms with Gasteiger partial charge in [0.1, 0.15) is 5.69 Å². The Morgan fingerprint density at radius 1 is 1.13 bits per heavy atom. The predicted octanol–water partition coefficient (Wildman–Crippen LogP) is 4.43. The minimum absolute atomic E-state index is 0.271. The zero-order valence-corrected chi connectivity index (χ0v) is 18.0. The average molecular weight is 433 g/mol. The van der Waals surface area contributed by atoms with Crippen LogP contribution in [0, 0.1) is 6.92 Å². The first-order chi connectivity index (χ1) is 15.0. The number of fused-ring (bicyclic) bond motifs is 2. The molecule has 0 radical (unpaired) electrons. The van der Waals surface area contributed by atoms with Crippen LogP contribution in [0.1, 0.15) is 33.7 Å². The van der Waals surface area contributed by atoms with Crippen LogP contribution in [0.25, 0.3) is 16.6 Å². The Labute approximate surface area is 184 Å².